The summed E-state index contributed by atoms with van der Waals surface area (Å²) in [6.07, 6.45) is 0.264. The normalized spacial score (nSPS) is 19.7. The molecule has 0 fully saturated rings. The van der Waals surface area contributed by atoms with Crippen LogP contribution in [-0.2, 0) is 10.0 Å². The molecule has 0 aliphatic carbocycles. The molecule has 2 aromatic rings. The second kappa shape index (κ2) is 12.4. The van der Waals surface area contributed by atoms with Gasteiger partial charge in [-0.25, -0.2) is 17.6 Å². The third-order valence-electron chi connectivity index (χ3n) is 6.17. The Labute approximate surface area is 218 Å². The van der Waals surface area contributed by atoms with Gasteiger partial charge in [-0.3, -0.25) is 0 Å². The van der Waals surface area contributed by atoms with E-state index < -0.39 is 28.0 Å². The minimum atomic E-state index is -4.00. The lowest BCUT2D eigenvalue weighted by atomic mass is 10.0. The van der Waals surface area contributed by atoms with Crippen molar-refractivity contribution in [3.63, 3.8) is 0 Å². The maximum atomic E-state index is 13.6. The van der Waals surface area contributed by atoms with Crippen molar-refractivity contribution in [2.45, 2.75) is 44.2 Å². The quantitative estimate of drug-likeness (QED) is 0.559. The molecule has 0 aromatic heterocycles. The number of sulfonamides is 1. The maximum Gasteiger partial charge on any atom is 0.317 e. The topological polar surface area (TPSA) is 99.2 Å². The van der Waals surface area contributed by atoms with Crippen LogP contribution in [0.15, 0.2) is 47.4 Å². The van der Waals surface area contributed by atoms with E-state index in [2.05, 4.69) is 17.2 Å². The minimum absolute atomic E-state index is 0.0425. The lowest BCUT2D eigenvalue weighted by molar-refractivity contribution is 0.0812. The summed E-state index contributed by atoms with van der Waals surface area (Å²) in [7, 11) is -2.34. The Morgan fingerprint density at radius 2 is 1.97 bits per heavy atom. The summed E-state index contributed by atoms with van der Waals surface area (Å²) >= 11 is 0. The number of likely N-dealkylation sites (N-methyl/N-ethyl adjacent to an activating group) is 1. The van der Waals surface area contributed by atoms with Crippen molar-refractivity contribution in [1.29, 1.82) is 0 Å². The van der Waals surface area contributed by atoms with Crippen LogP contribution in [0, 0.1) is 23.6 Å². The largest absolute Gasteiger partial charge is 0.487 e. The fourth-order valence-corrected chi connectivity index (χ4v) is 5.78. The van der Waals surface area contributed by atoms with Gasteiger partial charge in [0.15, 0.2) is 0 Å². The molecule has 1 aliphatic heterocycles. The summed E-state index contributed by atoms with van der Waals surface area (Å²) in [6, 6.07) is 9.52. The van der Waals surface area contributed by atoms with Crippen LogP contribution in [-0.4, -0.2) is 74.2 Å². The van der Waals surface area contributed by atoms with Crippen LogP contribution in [0.1, 0.15) is 38.3 Å². The van der Waals surface area contributed by atoms with E-state index in [1.165, 1.54) is 27.4 Å². The van der Waals surface area contributed by atoms with Crippen molar-refractivity contribution in [2.24, 2.45) is 5.92 Å². The van der Waals surface area contributed by atoms with Gasteiger partial charge in [-0.05, 0) is 49.7 Å². The van der Waals surface area contributed by atoms with Crippen molar-refractivity contribution < 1.29 is 27.4 Å². The number of benzene rings is 2. The Kier molecular flexibility index (Phi) is 9.54. The fourth-order valence-electron chi connectivity index (χ4n) is 3.95. The van der Waals surface area contributed by atoms with Crippen molar-refractivity contribution in [3.8, 4) is 17.6 Å². The highest BCUT2D eigenvalue weighted by Gasteiger charge is 2.38. The first-order chi connectivity index (χ1) is 17.6. The van der Waals surface area contributed by atoms with Crippen molar-refractivity contribution in [2.75, 3.05) is 33.3 Å². The molecule has 0 spiro atoms. The molecule has 0 saturated heterocycles. The Balaban J connectivity index is 2.02. The number of urea groups is 1. The van der Waals surface area contributed by atoms with Gasteiger partial charge < -0.3 is 20.1 Å². The predicted octanol–water partition coefficient (Wildman–Crippen LogP) is 3.05. The number of halogens is 1. The summed E-state index contributed by atoms with van der Waals surface area (Å²) in [4.78, 5) is 13.9. The zero-order valence-electron chi connectivity index (χ0n) is 21.6. The fraction of sp³-hybridized carbons (Fsp3) is 0.444. The van der Waals surface area contributed by atoms with Crippen LogP contribution >= 0.6 is 0 Å². The zero-order chi connectivity index (χ0) is 27.2. The molecular formula is C27H34FN3O5S. The first-order valence-electron chi connectivity index (χ1n) is 12.3. The van der Waals surface area contributed by atoms with Crippen molar-refractivity contribution in [1.82, 2.24) is 14.5 Å². The Hall–Kier alpha value is -3.13. The summed E-state index contributed by atoms with van der Waals surface area (Å²) < 4.78 is 48.2. The molecule has 1 heterocycles. The number of aliphatic hydroxyl groups excluding tert-OH is 1. The van der Waals surface area contributed by atoms with Crippen LogP contribution < -0.4 is 10.1 Å². The predicted molar refractivity (Wildman–Crippen MR) is 139 cm³/mol. The molecule has 0 radical (unpaired) electrons. The number of rotatable bonds is 6. The minimum Gasteiger partial charge on any atom is -0.487 e. The molecule has 8 nitrogen and oxygen atoms in total. The molecular weight excluding hydrogens is 497 g/mol. The van der Waals surface area contributed by atoms with E-state index in [4.69, 9.17) is 4.74 Å². The van der Waals surface area contributed by atoms with Gasteiger partial charge >= 0.3 is 6.03 Å². The summed E-state index contributed by atoms with van der Waals surface area (Å²) in [5.41, 5.74) is 0.968. The smallest absolute Gasteiger partial charge is 0.317 e. The van der Waals surface area contributed by atoms with Crippen molar-refractivity contribution >= 4 is 16.1 Å². The molecule has 10 heteroatoms. The van der Waals surface area contributed by atoms with Crippen molar-refractivity contribution in [3.05, 3.63) is 59.4 Å². The molecule has 37 heavy (non-hydrogen) atoms. The number of carbonyl (C=O) groups excluding carboxylic acids is 1. The number of fused-ring (bicyclic) bond motifs is 1. The number of amides is 2. The standard InChI is InChI=1S/C27H34FN3O5S/c1-5-13-29-27(33)30(4)17-25-19(2)16-31(20(3)18-32)37(34,35)26-12-11-22(15-24(26)36-25)10-9-21-7-6-8-23(28)14-21/h6-8,11-12,14-15,19-20,25,32H,5,13,16-18H2,1-4H3,(H,29,33)/t19-,20-,25+/m1/s1. The van der Waals surface area contributed by atoms with Gasteiger partial charge in [0.05, 0.1) is 13.2 Å². The molecule has 1 aliphatic rings. The van der Waals surface area contributed by atoms with E-state index in [0.29, 0.717) is 17.7 Å². The molecule has 0 unspecified atom stereocenters. The molecule has 3 rings (SSSR count). The number of nitrogens with zero attached hydrogens (tertiary/aromatic N) is 2. The number of hydrogen-bond acceptors (Lipinski definition) is 5. The molecule has 2 N–H and O–H groups in total. The zero-order valence-corrected chi connectivity index (χ0v) is 22.4. The lowest BCUT2D eigenvalue weighted by Crippen LogP contribution is -2.51. The number of nitrogens with one attached hydrogen (secondary N) is 1. The van der Waals surface area contributed by atoms with E-state index in [-0.39, 0.29) is 42.3 Å². The van der Waals surface area contributed by atoms with Gasteiger partial charge in [-0.1, -0.05) is 31.8 Å². The van der Waals surface area contributed by atoms with E-state index in [0.717, 1.165) is 6.42 Å². The average molecular weight is 532 g/mol. The average Bonchev–Trinajstić information content (AvgIpc) is 2.87. The number of ether oxygens (including phenoxy) is 1. The number of carbonyl (C=O) groups is 1. The van der Waals surface area contributed by atoms with Gasteiger partial charge in [0.2, 0.25) is 10.0 Å². The maximum absolute atomic E-state index is 13.6. The Morgan fingerprint density at radius 1 is 1.27 bits per heavy atom. The lowest BCUT2D eigenvalue weighted by Gasteiger charge is -2.37. The molecule has 200 valence electrons. The highest BCUT2D eigenvalue weighted by atomic mass is 32.2. The van der Waals surface area contributed by atoms with Gasteiger partial charge in [-0.15, -0.1) is 0 Å². The van der Waals surface area contributed by atoms with Crippen LogP contribution in [0.4, 0.5) is 9.18 Å². The van der Waals surface area contributed by atoms with E-state index in [9.17, 15) is 22.7 Å². The summed E-state index contributed by atoms with van der Waals surface area (Å²) in [5, 5.41) is 12.6. The third kappa shape index (κ3) is 7.01. The highest BCUT2D eigenvalue weighted by molar-refractivity contribution is 7.89. The molecule has 2 amide bonds. The SMILES string of the molecule is CCCNC(=O)N(C)C[C@@H]1Oc2cc(C#Cc3cccc(F)c3)ccc2S(=O)(=O)N([C@H](C)CO)C[C@H]1C. The van der Waals surface area contributed by atoms with Gasteiger partial charge in [0.25, 0.3) is 0 Å². The van der Waals surface area contributed by atoms with E-state index in [1.54, 1.807) is 38.2 Å². The van der Waals surface area contributed by atoms with Crippen LogP contribution in [0.5, 0.6) is 5.75 Å². The second-order valence-corrected chi connectivity index (χ2v) is 11.1. The first kappa shape index (κ1) is 28.4. The summed E-state index contributed by atoms with van der Waals surface area (Å²) in [6.45, 7) is 5.99. The number of aliphatic hydroxyl groups is 1. The number of hydrogen-bond donors (Lipinski definition) is 2. The Morgan fingerprint density at radius 3 is 2.62 bits per heavy atom. The second-order valence-electron chi connectivity index (χ2n) is 9.27. The molecule has 0 bridgehead atoms. The third-order valence-corrected chi connectivity index (χ3v) is 8.19. The summed E-state index contributed by atoms with van der Waals surface area (Å²) in [5.74, 6) is 5.22. The highest BCUT2D eigenvalue weighted by Crippen LogP contribution is 2.34. The van der Waals surface area contributed by atoms with E-state index >= 15 is 0 Å². The van der Waals surface area contributed by atoms with Crippen LogP contribution in [0.3, 0.4) is 0 Å². The molecule has 2 aromatic carbocycles. The van der Waals surface area contributed by atoms with Gasteiger partial charge in [-0.2, -0.15) is 4.31 Å². The van der Waals surface area contributed by atoms with Crippen LogP contribution in [0.2, 0.25) is 0 Å². The van der Waals surface area contributed by atoms with Gasteiger partial charge in [0.1, 0.15) is 22.6 Å². The monoisotopic (exact) mass is 531 g/mol. The Bertz CT molecular complexity index is 1270. The molecule has 3 atom stereocenters. The van der Waals surface area contributed by atoms with Gasteiger partial charge in [0, 0.05) is 43.2 Å². The van der Waals surface area contributed by atoms with E-state index in [1.807, 2.05) is 13.8 Å². The first-order valence-corrected chi connectivity index (χ1v) is 13.7. The van der Waals surface area contributed by atoms with Crippen LogP contribution in [0.25, 0.3) is 0 Å². The molecule has 0 saturated carbocycles.